The van der Waals surface area contributed by atoms with Crippen LogP contribution in [0.25, 0.3) is 0 Å². The van der Waals surface area contributed by atoms with Gasteiger partial charge in [-0.1, -0.05) is 6.07 Å². The summed E-state index contributed by atoms with van der Waals surface area (Å²) in [5, 5.41) is 2.88. The number of ether oxygens (including phenoxy) is 2. The Bertz CT molecular complexity index is 1060. The van der Waals surface area contributed by atoms with E-state index >= 15 is 0 Å². The molecule has 0 aliphatic rings. The van der Waals surface area contributed by atoms with Crippen LogP contribution in [0.2, 0.25) is 0 Å². The maximum absolute atomic E-state index is 12.7. The van der Waals surface area contributed by atoms with Crippen LogP contribution >= 0.6 is 0 Å². The summed E-state index contributed by atoms with van der Waals surface area (Å²) >= 11 is 0. The van der Waals surface area contributed by atoms with E-state index in [4.69, 9.17) is 9.47 Å². The highest BCUT2D eigenvalue weighted by Crippen LogP contribution is 2.26. The summed E-state index contributed by atoms with van der Waals surface area (Å²) in [6.07, 6.45) is 3.49. The van der Waals surface area contributed by atoms with E-state index in [0.29, 0.717) is 23.6 Å². The second kappa shape index (κ2) is 10.4. The predicted molar refractivity (Wildman–Crippen MR) is 123 cm³/mol. The first-order chi connectivity index (χ1) is 15.3. The van der Waals surface area contributed by atoms with Crippen molar-refractivity contribution in [3.05, 3.63) is 83.2 Å². The number of nitrogens with one attached hydrogen (secondary N) is 1. The van der Waals surface area contributed by atoms with Crippen molar-refractivity contribution < 1.29 is 19.1 Å². The number of amides is 2. The van der Waals surface area contributed by atoms with Gasteiger partial charge < -0.3 is 19.7 Å². The Morgan fingerprint density at radius 1 is 1.00 bits per heavy atom. The molecule has 0 saturated carbocycles. The van der Waals surface area contributed by atoms with Gasteiger partial charge in [-0.2, -0.15) is 0 Å². The first-order valence-electron chi connectivity index (χ1n) is 10.2. The maximum atomic E-state index is 12.7. The smallest absolute Gasteiger partial charge is 0.259 e. The van der Waals surface area contributed by atoms with Crippen molar-refractivity contribution in [3.8, 4) is 11.5 Å². The van der Waals surface area contributed by atoms with Crippen molar-refractivity contribution >= 4 is 17.5 Å². The fourth-order valence-corrected chi connectivity index (χ4v) is 3.06. The van der Waals surface area contributed by atoms with Crippen LogP contribution in [-0.4, -0.2) is 42.4 Å². The Morgan fingerprint density at radius 3 is 2.28 bits per heavy atom. The summed E-state index contributed by atoms with van der Waals surface area (Å²) in [6, 6.07) is 14.3. The number of rotatable bonds is 8. The number of likely N-dealkylation sites (N-methyl/N-ethyl adjacent to an activating group) is 1. The molecule has 1 heterocycles. The van der Waals surface area contributed by atoms with Crippen LogP contribution in [0, 0.1) is 13.8 Å². The predicted octanol–water partition coefficient (Wildman–Crippen LogP) is 4.00. The van der Waals surface area contributed by atoms with Crippen molar-refractivity contribution in [2.24, 2.45) is 0 Å². The van der Waals surface area contributed by atoms with E-state index in [1.807, 2.05) is 38.1 Å². The number of carbonyl (C=O) groups is 2. The highest BCUT2D eigenvalue weighted by molar-refractivity contribution is 6.04. The highest BCUT2D eigenvalue weighted by Gasteiger charge is 2.13. The van der Waals surface area contributed by atoms with E-state index < -0.39 is 0 Å². The molecule has 0 aliphatic carbocycles. The molecule has 0 spiro atoms. The van der Waals surface area contributed by atoms with Gasteiger partial charge in [-0.3, -0.25) is 14.6 Å². The summed E-state index contributed by atoms with van der Waals surface area (Å²) in [7, 11) is 3.35. The molecule has 166 valence electrons. The molecule has 3 rings (SSSR count). The van der Waals surface area contributed by atoms with Crippen LogP contribution < -0.4 is 14.8 Å². The summed E-state index contributed by atoms with van der Waals surface area (Å²) < 4.78 is 11.4. The lowest BCUT2D eigenvalue weighted by Crippen LogP contribution is -2.27. The SMILES string of the molecule is Cc1cc(C(=O)Nc2ccc(OCC(=O)N(C)C)cc2)cc(C)c1OCc1cccnc1. The van der Waals surface area contributed by atoms with Crippen LogP contribution in [0.1, 0.15) is 27.0 Å². The molecule has 2 aromatic carbocycles. The van der Waals surface area contributed by atoms with Crippen molar-refractivity contribution in [3.63, 3.8) is 0 Å². The fraction of sp³-hybridized carbons (Fsp3) is 0.240. The molecule has 0 fully saturated rings. The number of benzene rings is 2. The van der Waals surface area contributed by atoms with Gasteiger partial charge in [-0.25, -0.2) is 0 Å². The number of nitrogens with zero attached hydrogens (tertiary/aromatic N) is 2. The Hall–Kier alpha value is -3.87. The maximum Gasteiger partial charge on any atom is 0.259 e. The molecule has 2 amide bonds. The van der Waals surface area contributed by atoms with E-state index in [2.05, 4.69) is 10.3 Å². The third kappa shape index (κ3) is 6.07. The fourth-order valence-electron chi connectivity index (χ4n) is 3.06. The Balaban J connectivity index is 1.61. The molecule has 0 bridgehead atoms. The Kier molecular flexibility index (Phi) is 7.44. The summed E-state index contributed by atoms with van der Waals surface area (Å²) in [5.41, 5.74) is 3.92. The normalized spacial score (nSPS) is 10.4. The number of aryl methyl sites for hydroxylation is 2. The van der Waals surface area contributed by atoms with E-state index in [0.717, 1.165) is 22.4 Å². The Labute approximate surface area is 188 Å². The van der Waals surface area contributed by atoms with Gasteiger partial charge in [-0.05, 0) is 67.4 Å². The number of aromatic nitrogens is 1. The first kappa shape index (κ1) is 22.8. The first-order valence-corrected chi connectivity index (χ1v) is 10.2. The van der Waals surface area contributed by atoms with Gasteiger partial charge in [0, 0.05) is 43.3 Å². The molecule has 0 unspecified atom stereocenters. The number of hydrogen-bond donors (Lipinski definition) is 1. The van der Waals surface area contributed by atoms with E-state index in [1.165, 1.54) is 4.90 Å². The van der Waals surface area contributed by atoms with Gasteiger partial charge in [0.05, 0.1) is 0 Å². The minimum atomic E-state index is -0.216. The van der Waals surface area contributed by atoms with Gasteiger partial charge in [0.25, 0.3) is 11.8 Å². The monoisotopic (exact) mass is 433 g/mol. The van der Waals surface area contributed by atoms with E-state index in [9.17, 15) is 9.59 Å². The second-order valence-corrected chi connectivity index (χ2v) is 7.64. The van der Waals surface area contributed by atoms with Crippen molar-refractivity contribution in [2.75, 3.05) is 26.0 Å². The number of pyridine rings is 1. The minimum absolute atomic E-state index is 0.0353. The van der Waals surface area contributed by atoms with Crippen LogP contribution in [0.15, 0.2) is 60.9 Å². The number of carbonyl (C=O) groups excluding carboxylic acids is 2. The van der Waals surface area contributed by atoms with E-state index in [1.54, 1.807) is 50.8 Å². The summed E-state index contributed by atoms with van der Waals surface area (Å²) in [4.78, 5) is 29.9. The molecular formula is C25H27N3O4. The molecule has 1 N–H and O–H groups in total. The van der Waals surface area contributed by atoms with Gasteiger partial charge in [-0.15, -0.1) is 0 Å². The molecule has 7 heteroatoms. The molecule has 0 atom stereocenters. The zero-order valence-electron chi connectivity index (χ0n) is 18.7. The molecule has 0 aliphatic heterocycles. The summed E-state index contributed by atoms with van der Waals surface area (Å²) in [5.74, 6) is 0.978. The van der Waals surface area contributed by atoms with Gasteiger partial charge in [0.15, 0.2) is 6.61 Å². The highest BCUT2D eigenvalue weighted by atomic mass is 16.5. The van der Waals surface area contributed by atoms with Crippen LogP contribution in [0.5, 0.6) is 11.5 Å². The average Bonchev–Trinajstić information content (AvgIpc) is 2.78. The van der Waals surface area contributed by atoms with E-state index in [-0.39, 0.29) is 18.4 Å². The zero-order chi connectivity index (χ0) is 23.1. The standard InChI is InChI=1S/C25H27N3O4/c1-17-12-20(13-18(2)24(17)32-15-19-6-5-11-26-14-19)25(30)27-21-7-9-22(10-8-21)31-16-23(29)28(3)4/h5-14H,15-16H2,1-4H3,(H,27,30). The second-order valence-electron chi connectivity index (χ2n) is 7.64. The van der Waals surface area contributed by atoms with Crippen LogP contribution in [0.3, 0.4) is 0 Å². The van der Waals surface area contributed by atoms with Crippen molar-refractivity contribution in [2.45, 2.75) is 20.5 Å². The molecular weight excluding hydrogens is 406 g/mol. The van der Waals surface area contributed by atoms with Crippen molar-refractivity contribution in [1.29, 1.82) is 0 Å². The van der Waals surface area contributed by atoms with Gasteiger partial charge >= 0.3 is 0 Å². The average molecular weight is 434 g/mol. The third-order valence-corrected chi connectivity index (χ3v) is 4.80. The zero-order valence-corrected chi connectivity index (χ0v) is 18.7. The van der Waals surface area contributed by atoms with Gasteiger partial charge in [0.1, 0.15) is 18.1 Å². The molecule has 1 aromatic heterocycles. The third-order valence-electron chi connectivity index (χ3n) is 4.80. The Morgan fingerprint density at radius 2 is 1.69 bits per heavy atom. The minimum Gasteiger partial charge on any atom is -0.488 e. The molecule has 0 radical (unpaired) electrons. The molecule has 32 heavy (non-hydrogen) atoms. The van der Waals surface area contributed by atoms with Gasteiger partial charge in [0.2, 0.25) is 0 Å². The summed E-state index contributed by atoms with van der Waals surface area (Å²) in [6.45, 7) is 4.22. The molecule has 0 saturated heterocycles. The number of anilines is 1. The molecule has 7 nitrogen and oxygen atoms in total. The quantitative estimate of drug-likeness (QED) is 0.581. The molecule has 3 aromatic rings. The number of hydrogen-bond acceptors (Lipinski definition) is 5. The largest absolute Gasteiger partial charge is 0.488 e. The lowest BCUT2D eigenvalue weighted by Gasteiger charge is -2.14. The lowest BCUT2D eigenvalue weighted by atomic mass is 10.0. The van der Waals surface area contributed by atoms with Crippen LogP contribution in [0.4, 0.5) is 5.69 Å². The van der Waals surface area contributed by atoms with Crippen molar-refractivity contribution in [1.82, 2.24) is 9.88 Å². The van der Waals surface area contributed by atoms with Crippen LogP contribution in [-0.2, 0) is 11.4 Å². The lowest BCUT2D eigenvalue weighted by molar-refractivity contribution is -0.130. The topological polar surface area (TPSA) is 80.8 Å².